The van der Waals surface area contributed by atoms with Gasteiger partial charge in [-0.3, -0.25) is 19.8 Å². The number of hydrogen-bond donors (Lipinski definition) is 1. The quantitative estimate of drug-likeness (QED) is 0.601. The number of halogens is 1. The Kier molecular flexibility index (Phi) is 5.98. The highest BCUT2D eigenvalue weighted by Gasteiger charge is 2.37. The lowest BCUT2D eigenvalue weighted by molar-refractivity contribution is -0.383. The van der Waals surface area contributed by atoms with Crippen molar-refractivity contribution in [3.63, 3.8) is 0 Å². The van der Waals surface area contributed by atoms with Crippen LogP contribution in [0.4, 0.5) is 11.4 Å². The molecule has 1 aliphatic rings. The molecule has 148 valence electrons. The number of para-hydroxylation sites is 2. The van der Waals surface area contributed by atoms with Crippen molar-refractivity contribution in [3.05, 3.63) is 69.2 Å². The van der Waals surface area contributed by atoms with Crippen molar-refractivity contribution in [2.45, 2.75) is 25.5 Å². The van der Waals surface area contributed by atoms with Gasteiger partial charge in [-0.05, 0) is 26.0 Å². The minimum atomic E-state index is -0.512. The molecule has 28 heavy (non-hydrogen) atoms. The Morgan fingerprint density at radius 2 is 1.96 bits per heavy atom. The maximum absolute atomic E-state index is 12.6. The Labute approximate surface area is 168 Å². The average molecular weight is 404 g/mol. The van der Waals surface area contributed by atoms with Gasteiger partial charge in [0, 0.05) is 28.7 Å². The molecule has 1 atom stereocenters. The highest BCUT2D eigenvalue weighted by Crippen LogP contribution is 2.33. The molecule has 8 heteroatoms. The van der Waals surface area contributed by atoms with Crippen LogP contribution in [0.25, 0.3) is 0 Å². The van der Waals surface area contributed by atoms with Gasteiger partial charge in [0.1, 0.15) is 5.69 Å². The molecular formula is C20H22ClN3O4. The third-order valence-corrected chi connectivity index (χ3v) is 5.19. The standard InChI is InChI=1S/C20H22ClN3O4/c1-20(2)13-28-18(14-7-3-4-8-15(14)21)11-23(20)12-19(25)22-16-9-5-6-10-17(16)24(26)27/h3-10,18H,11-13H2,1-2H3,(H,22,25)/t18-/m0/s1. The number of anilines is 1. The smallest absolute Gasteiger partial charge is 0.292 e. The molecule has 1 amide bonds. The Bertz CT molecular complexity index is 887. The van der Waals surface area contributed by atoms with E-state index in [4.69, 9.17) is 16.3 Å². The molecule has 0 spiro atoms. The van der Waals surface area contributed by atoms with Crippen molar-refractivity contribution in [3.8, 4) is 0 Å². The number of nitro benzene ring substituents is 1. The third kappa shape index (κ3) is 4.49. The van der Waals surface area contributed by atoms with E-state index in [0.29, 0.717) is 18.2 Å². The largest absolute Gasteiger partial charge is 0.370 e. The van der Waals surface area contributed by atoms with Gasteiger partial charge in [-0.15, -0.1) is 0 Å². The summed E-state index contributed by atoms with van der Waals surface area (Å²) in [5, 5.41) is 14.4. The van der Waals surface area contributed by atoms with E-state index < -0.39 is 4.92 Å². The van der Waals surface area contributed by atoms with Crippen molar-refractivity contribution >= 4 is 28.9 Å². The molecule has 0 radical (unpaired) electrons. The summed E-state index contributed by atoms with van der Waals surface area (Å²) in [6.45, 7) is 4.99. The van der Waals surface area contributed by atoms with Gasteiger partial charge in [0.15, 0.2) is 0 Å². The number of benzene rings is 2. The number of carbonyl (C=O) groups excluding carboxylic acids is 1. The van der Waals surface area contributed by atoms with Gasteiger partial charge in [0.05, 0.1) is 24.2 Å². The van der Waals surface area contributed by atoms with Crippen molar-refractivity contribution in [2.75, 3.05) is 25.0 Å². The van der Waals surface area contributed by atoms with E-state index in [0.717, 1.165) is 5.56 Å². The molecule has 0 aliphatic carbocycles. The fraction of sp³-hybridized carbons (Fsp3) is 0.350. The summed E-state index contributed by atoms with van der Waals surface area (Å²) in [5.74, 6) is -0.317. The van der Waals surface area contributed by atoms with Crippen molar-refractivity contribution in [1.29, 1.82) is 0 Å². The van der Waals surface area contributed by atoms with E-state index in [1.807, 2.05) is 43.0 Å². The lowest BCUT2D eigenvalue weighted by atomic mass is 9.98. The molecule has 7 nitrogen and oxygen atoms in total. The predicted molar refractivity (Wildman–Crippen MR) is 108 cm³/mol. The molecule has 2 aromatic carbocycles. The molecule has 1 N–H and O–H groups in total. The minimum Gasteiger partial charge on any atom is -0.370 e. The van der Waals surface area contributed by atoms with E-state index in [2.05, 4.69) is 5.32 Å². The second kappa shape index (κ2) is 8.26. The zero-order chi connectivity index (χ0) is 20.3. The average Bonchev–Trinajstić information content (AvgIpc) is 2.64. The van der Waals surface area contributed by atoms with Crippen LogP contribution in [-0.4, -0.2) is 41.0 Å². The number of morpholine rings is 1. The molecule has 1 saturated heterocycles. The van der Waals surface area contributed by atoms with Crippen molar-refractivity contribution < 1.29 is 14.5 Å². The zero-order valence-corrected chi connectivity index (χ0v) is 16.5. The molecule has 1 heterocycles. The first-order chi connectivity index (χ1) is 13.3. The Balaban J connectivity index is 1.73. The topological polar surface area (TPSA) is 84.7 Å². The molecule has 2 aromatic rings. The molecule has 1 fully saturated rings. The van der Waals surface area contributed by atoms with Gasteiger partial charge in [-0.1, -0.05) is 41.9 Å². The van der Waals surface area contributed by atoms with Gasteiger partial charge in [-0.25, -0.2) is 0 Å². The summed E-state index contributed by atoms with van der Waals surface area (Å²) in [4.78, 5) is 25.3. The number of rotatable bonds is 5. The maximum atomic E-state index is 12.6. The first-order valence-corrected chi connectivity index (χ1v) is 9.30. The van der Waals surface area contributed by atoms with Crippen LogP contribution in [0.2, 0.25) is 5.02 Å². The van der Waals surface area contributed by atoms with Crippen molar-refractivity contribution in [2.24, 2.45) is 0 Å². The summed E-state index contributed by atoms with van der Waals surface area (Å²) >= 11 is 6.29. The number of nitro groups is 1. The van der Waals surface area contributed by atoms with Gasteiger partial charge in [0.25, 0.3) is 5.69 Å². The number of ether oxygens (including phenoxy) is 1. The van der Waals surface area contributed by atoms with Gasteiger partial charge >= 0.3 is 0 Å². The second-order valence-corrected chi connectivity index (χ2v) is 7.74. The summed E-state index contributed by atoms with van der Waals surface area (Å²) in [6.07, 6.45) is -0.249. The molecule has 0 unspecified atom stereocenters. The number of nitrogens with one attached hydrogen (secondary N) is 1. The van der Waals surface area contributed by atoms with Crippen molar-refractivity contribution in [1.82, 2.24) is 4.90 Å². The number of hydrogen-bond acceptors (Lipinski definition) is 5. The first kappa shape index (κ1) is 20.3. The number of nitrogens with zero attached hydrogens (tertiary/aromatic N) is 2. The molecule has 0 saturated carbocycles. The van der Waals surface area contributed by atoms with E-state index in [1.54, 1.807) is 12.1 Å². The second-order valence-electron chi connectivity index (χ2n) is 7.34. The van der Waals surface area contributed by atoms with E-state index in [-0.39, 0.29) is 35.5 Å². The Hall–Kier alpha value is -2.48. The van der Waals surface area contributed by atoms with Crippen LogP contribution >= 0.6 is 11.6 Å². The SMILES string of the molecule is CC1(C)CO[C@H](c2ccccc2Cl)CN1CC(=O)Nc1ccccc1[N+](=O)[O-]. The lowest BCUT2D eigenvalue weighted by Crippen LogP contribution is -2.55. The van der Waals surface area contributed by atoms with Crippen LogP contribution in [0.15, 0.2) is 48.5 Å². The maximum Gasteiger partial charge on any atom is 0.292 e. The summed E-state index contributed by atoms with van der Waals surface area (Å²) < 4.78 is 5.99. The number of amides is 1. The summed E-state index contributed by atoms with van der Waals surface area (Å²) in [5.41, 5.74) is 0.568. The van der Waals surface area contributed by atoms with E-state index in [1.165, 1.54) is 12.1 Å². The van der Waals surface area contributed by atoms with Crippen LogP contribution in [0.5, 0.6) is 0 Å². The fourth-order valence-electron chi connectivity index (χ4n) is 3.20. The molecular weight excluding hydrogens is 382 g/mol. The fourth-order valence-corrected chi connectivity index (χ4v) is 3.46. The Morgan fingerprint density at radius 3 is 2.68 bits per heavy atom. The molecule has 0 aromatic heterocycles. The third-order valence-electron chi connectivity index (χ3n) is 4.84. The summed E-state index contributed by atoms with van der Waals surface area (Å²) in [7, 11) is 0. The van der Waals surface area contributed by atoms with E-state index in [9.17, 15) is 14.9 Å². The van der Waals surface area contributed by atoms with E-state index >= 15 is 0 Å². The molecule has 1 aliphatic heterocycles. The monoisotopic (exact) mass is 403 g/mol. The van der Waals surface area contributed by atoms with Crippen LogP contribution in [-0.2, 0) is 9.53 Å². The van der Waals surface area contributed by atoms with Crippen LogP contribution < -0.4 is 5.32 Å². The predicted octanol–water partition coefficient (Wildman–Crippen LogP) is 4.04. The lowest BCUT2D eigenvalue weighted by Gasteiger charge is -2.45. The first-order valence-electron chi connectivity index (χ1n) is 8.92. The van der Waals surface area contributed by atoms with Crippen LogP contribution in [0.3, 0.4) is 0 Å². The summed E-state index contributed by atoms with van der Waals surface area (Å²) in [6, 6.07) is 13.6. The normalized spacial score (nSPS) is 19.2. The van der Waals surface area contributed by atoms with Crippen LogP contribution in [0.1, 0.15) is 25.5 Å². The highest BCUT2D eigenvalue weighted by atomic mass is 35.5. The molecule has 3 rings (SSSR count). The zero-order valence-electron chi connectivity index (χ0n) is 15.7. The molecule has 0 bridgehead atoms. The minimum absolute atomic E-state index is 0.0867. The van der Waals surface area contributed by atoms with Gasteiger partial charge < -0.3 is 10.1 Å². The van der Waals surface area contributed by atoms with Gasteiger partial charge in [-0.2, -0.15) is 0 Å². The Morgan fingerprint density at radius 1 is 1.29 bits per heavy atom. The van der Waals surface area contributed by atoms with Crippen LogP contribution in [0, 0.1) is 10.1 Å². The number of carbonyl (C=O) groups is 1. The highest BCUT2D eigenvalue weighted by molar-refractivity contribution is 6.31. The van der Waals surface area contributed by atoms with Gasteiger partial charge in [0.2, 0.25) is 5.91 Å².